The molecule has 0 amide bonds. The second kappa shape index (κ2) is 2.67. The SMILES string of the molecule is NC1(C2(O)CNC2)CCOCC1. The Bertz CT molecular complexity index is 174. The van der Waals surface area contributed by atoms with Gasteiger partial charge in [0.2, 0.25) is 0 Å². The zero-order chi connectivity index (χ0) is 8.66. The quantitative estimate of drug-likeness (QED) is 0.466. The summed E-state index contributed by atoms with van der Waals surface area (Å²) < 4.78 is 5.22. The molecule has 4 nitrogen and oxygen atoms in total. The number of hydrogen-bond acceptors (Lipinski definition) is 4. The van der Waals surface area contributed by atoms with Gasteiger partial charge in [-0.05, 0) is 12.8 Å². The fourth-order valence-corrected chi connectivity index (χ4v) is 1.91. The Morgan fingerprint density at radius 3 is 2.25 bits per heavy atom. The third-order valence-electron chi connectivity index (χ3n) is 3.15. The molecule has 0 radical (unpaired) electrons. The van der Waals surface area contributed by atoms with Crippen LogP contribution in [0.25, 0.3) is 0 Å². The maximum absolute atomic E-state index is 10.1. The van der Waals surface area contributed by atoms with E-state index in [2.05, 4.69) is 5.32 Å². The Morgan fingerprint density at radius 2 is 1.83 bits per heavy atom. The van der Waals surface area contributed by atoms with Crippen LogP contribution in [0.5, 0.6) is 0 Å². The van der Waals surface area contributed by atoms with E-state index in [-0.39, 0.29) is 0 Å². The van der Waals surface area contributed by atoms with Crippen LogP contribution >= 0.6 is 0 Å². The van der Waals surface area contributed by atoms with E-state index < -0.39 is 11.1 Å². The molecular weight excluding hydrogens is 156 g/mol. The Morgan fingerprint density at radius 1 is 1.25 bits per heavy atom. The van der Waals surface area contributed by atoms with Crippen molar-refractivity contribution >= 4 is 0 Å². The monoisotopic (exact) mass is 172 g/mol. The van der Waals surface area contributed by atoms with Crippen LogP contribution in [0.3, 0.4) is 0 Å². The van der Waals surface area contributed by atoms with E-state index in [4.69, 9.17) is 10.5 Å². The Kier molecular flexibility index (Phi) is 1.88. The number of aliphatic hydroxyl groups is 1. The van der Waals surface area contributed by atoms with E-state index in [1.54, 1.807) is 0 Å². The lowest BCUT2D eigenvalue weighted by atomic mass is 9.71. The highest BCUT2D eigenvalue weighted by Crippen LogP contribution is 2.32. The molecule has 2 saturated heterocycles. The average Bonchev–Trinajstić information content (AvgIpc) is 2.01. The summed E-state index contributed by atoms with van der Waals surface area (Å²) in [6.07, 6.45) is 1.54. The minimum Gasteiger partial charge on any atom is -0.385 e. The topological polar surface area (TPSA) is 67.5 Å². The molecule has 2 aliphatic rings. The van der Waals surface area contributed by atoms with E-state index in [0.717, 1.165) is 12.8 Å². The number of nitrogens with one attached hydrogen (secondary N) is 1. The van der Waals surface area contributed by atoms with Crippen molar-refractivity contribution in [1.29, 1.82) is 0 Å². The number of nitrogens with two attached hydrogens (primary N) is 1. The van der Waals surface area contributed by atoms with Gasteiger partial charge in [-0.15, -0.1) is 0 Å². The Hall–Kier alpha value is -0.160. The molecule has 0 spiro atoms. The highest BCUT2D eigenvalue weighted by molar-refractivity contribution is 5.11. The summed E-state index contributed by atoms with van der Waals surface area (Å²) in [6.45, 7) is 2.62. The van der Waals surface area contributed by atoms with Crippen molar-refractivity contribution in [2.24, 2.45) is 5.73 Å². The first-order chi connectivity index (χ1) is 5.66. The van der Waals surface area contributed by atoms with Crippen LogP contribution in [0.1, 0.15) is 12.8 Å². The summed E-state index contributed by atoms with van der Waals surface area (Å²) in [4.78, 5) is 0. The summed E-state index contributed by atoms with van der Waals surface area (Å²) >= 11 is 0. The van der Waals surface area contributed by atoms with Crippen LogP contribution in [0.2, 0.25) is 0 Å². The molecule has 2 heterocycles. The van der Waals surface area contributed by atoms with Gasteiger partial charge in [0.1, 0.15) is 5.60 Å². The van der Waals surface area contributed by atoms with E-state index in [1.807, 2.05) is 0 Å². The first kappa shape index (κ1) is 8.44. The molecule has 4 N–H and O–H groups in total. The van der Waals surface area contributed by atoms with Gasteiger partial charge < -0.3 is 20.9 Å². The lowest BCUT2D eigenvalue weighted by molar-refractivity contribution is -0.111. The van der Waals surface area contributed by atoms with Gasteiger partial charge in [0, 0.05) is 26.3 Å². The number of hydrogen-bond donors (Lipinski definition) is 3. The molecule has 0 bridgehead atoms. The molecule has 0 saturated carbocycles. The molecule has 0 atom stereocenters. The van der Waals surface area contributed by atoms with Crippen molar-refractivity contribution in [2.75, 3.05) is 26.3 Å². The molecule has 70 valence electrons. The summed E-state index contributed by atoms with van der Waals surface area (Å²) in [7, 11) is 0. The van der Waals surface area contributed by atoms with Gasteiger partial charge in [-0.25, -0.2) is 0 Å². The van der Waals surface area contributed by atoms with Gasteiger partial charge in [-0.3, -0.25) is 0 Å². The predicted molar refractivity (Wildman–Crippen MR) is 44.8 cm³/mol. The molecule has 2 aliphatic heterocycles. The smallest absolute Gasteiger partial charge is 0.107 e. The zero-order valence-electron chi connectivity index (χ0n) is 7.18. The van der Waals surface area contributed by atoms with Gasteiger partial charge >= 0.3 is 0 Å². The van der Waals surface area contributed by atoms with E-state index in [9.17, 15) is 5.11 Å². The van der Waals surface area contributed by atoms with Crippen LogP contribution in [0.15, 0.2) is 0 Å². The van der Waals surface area contributed by atoms with Crippen molar-refractivity contribution in [1.82, 2.24) is 5.32 Å². The molecule has 0 aromatic rings. The minimum atomic E-state index is -0.684. The zero-order valence-corrected chi connectivity index (χ0v) is 7.18. The van der Waals surface area contributed by atoms with Crippen molar-refractivity contribution < 1.29 is 9.84 Å². The van der Waals surface area contributed by atoms with E-state index in [1.165, 1.54) is 0 Å². The van der Waals surface area contributed by atoms with E-state index >= 15 is 0 Å². The standard InChI is InChI=1S/C8H16N2O2/c9-7(1-3-12-4-2-7)8(11)5-10-6-8/h10-11H,1-6,9H2. The Labute approximate surface area is 72.1 Å². The van der Waals surface area contributed by atoms with Crippen molar-refractivity contribution in [3.8, 4) is 0 Å². The normalized spacial score (nSPS) is 32.5. The third kappa shape index (κ3) is 1.07. The molecular formula is C8H16N2O2. The summed E-state index contributed by atoms with van der Waals surface area (Å²) in [6, 6.07) is 0. The summed E-state index contributed by atoms with van der Waals surface area (Å²) in [5.74, 6) is 0. The van der Waals surface area contributed by atoms with Gasteiger partial charge in [-0.2, -0.15) is 0 Å². The van der Waals surface area contributed by atoms with Crippen LogP contribution in [0, 0.1) is 0 Å². The highest BCUT2D eigenvalue weighted by Gasteiger charge is 2.51. The van der Waals surface area contributed by atoms with Crippen molar-refractivity contribution in [3.63, 3.8) is 0 Å². The second-order valence-electron chi connectivity index (χ2n) is 3.90. The third-order valence-corrected chi connectivity index (χ3v) is 3.15. The van der Waals surface area contributed by atoms with Crippen LogP contribution in [0.4, 0.5) is 0 Å². The fraction of sp³-hybridized carbons (Fsp3) is 1.00. The lowest BCUT2D eigenvalue weighted by Crippen LogP contribution is -2.76. The Balaban J connectivity index is 2.07. The summed E-state index contributed by atoms with van der Waals surface area (Å²) in [5, 5.41) is 13.1. The molecule has 0 aliphatic carbocycles. The maximum Gasteiger partial charge on any atom is 0.107 e. The highest BCUT2D eigenvalue weighted by atomic mass is 16.5. The van der Waals surface area contributed by atoms with Crippen molar-refractivity contribution in [2.45, 2.75) is 24.0 Å². The number of β-amino-alcohol motifs (C(OH)–C–C–N with tert-alkyl or cyclic N) is 1. The van der Waals surface area contributed by atoms with Crippen LogP contribution in [-0.2, 0) is 4.74 Å². The molecule has 0 aromatic heterocycles. The minimum absolute atomic E-state index is 0.420. The molecule has 2 rings (SSSR count). The number of ether oxygens (including phenoxy) is 1. The fourth-order valence-electron chi connectivity index (χ4n) is 1.91. The average molecular weight is 172 g/mol. The lowest BCUT2D eigenvalue weighted by Gasteiger charge is -2.52. The molecule has 0 aromatic carbocycles. The predicted octanol–water partition coefficient (Wildman–Crippen LogP) is -1.17. The largest absolute Gasteiger partial charge is 0.385 e. The van der Waals surface area contributed by atoms with E-state index in [0.29, 0.717) is 26.3 Å². The number of rotatable bonds is 1. The van der Waals surface area contributed by atoms with Gasteiger partial charge in [0.15, 0.2) is 0 Å². The van der Waals surface area contributed by atoms with Gasteiger partial charge in [-0.1, -0.05) is 0 Å². The van der Waals surface area contributed by atoms with Crippen LogP contribution < -0.4 is 11.1 Å². The molecule has 0 unspecified atom stereocenters. The van der Waals surface area contributed by atoms with Crippen LogP contribution in [-0.4, -0.2) is 42.5 Å². The molecule has 4 heteroatoms. The first-order valence-electron chi connectivity index (χ1n) is 4.46. The maximum atomic E-state index is 10.1. The second-order valence-corrected chi connectivity index (χ2v) is 3.90. The van der Waals surface area contributed by atoms with Gasteiger partial charge in [0.25, 0.3) is 0 Å². The summed E-state index contributed by atoms with van der Waals surface area (Å²) in [5.41, 5.74) is 5.02. The van der Waals surface area contributed by atoms with Gasteiger partial charge in [0.05, 0.1) is 5.54 Å². The first-order valence-corrected chi connectivity index (χ1v) is 4.46. The molecule has 2 fully saturated rings. The van der Waals surface area contributed by atoms with Crippen molar-refractivity contribution in [3.05, 3.63) is 0 Å². The molecule has 12 heavy (non-hydrogen) atoms.